The van der Waals surface area contributed by atoms with Crippen LogP contribution in [-0.4, -0.2) is 38.5 Å². The van der Waals surface area contributed by atoms with E-state index in [9.17, 15) is 4.79 Å². The van der Waals surface area contributed by atoms with Crippen molar-refractivity contribution in [1.29, 1.82) is 0 Å². The van der Waals surface area contributed by atoms with Crippen molar-refractivity contribution in [2.45, 2.75) is 18.5 Å². The zero-order valence-electron chi connectivity index (χ0n) is 11.5. The van der Waals surface area contributed by atoms with E-state index in [4.69, 9.17) is 4.74 Å². The molecule has 0 spiro atoms. The number of H-pyrrole nitrogens is 1. The largest absolute Gasteiger partial charge is 0.465 e. The molecule has 0 saturated carbocycles. The average Bonchev–Trinajstić information content (AvgIpc) is 2.88. The highest BCUT2D eigenvalue weighted by atomic mass is 32.2. The minimum Gasteiger partial charge on any atom is -0.465 e. The third-order valence-corrected chi connectivity index (χ3v) is 3.70. The molecule has 0 aliphatic rings. The third kappa shape index (κ3) is 2.97. The highest BCUT2D eigenvalue weighted by Crippen LogP contribution is 2.23. The number of para-hydroxylation sites is 1. The molecule has 0 aliphatic carbocycles. The Kier molecular flexibility index (Phi) is 4.01. The highest BCUT2D eigenvalue weighted by molar-refractivity contribution is 7.99. The van der Waals surface area contributed by atoms with Gasteiger partial charge in [-0.2, -0.15) is 0 Å². The second kappa shape index (κ2) is 6.09. The molecule has 2 heterocycles. The van der Waals surface area contributed by atoms with Gasteiger partial charge >= 0.3 is 5.97 Å². The fourth-order valence-electron chi connectivity index (χ4n) is 1.95. The number of benzene rings is 1. The van der Waals surface area contributed by atoms with Crippen LogP contribution >= 0.6 is 11.8 Å². The van der Waals surface area contributed by atoms with E-state index in [2.05, 4.69) is 20.2 Å². The lowest BCUT2D eigenvalue weighted by Gasteiger charge is -2.01. The second-order valence-corrected chi connectivity index (χ2v) is 5.41. The van der Waals surface area contributed by atoms with Crippen molar-refractivity contribution in [1.82, 2.24) is 20.2 Å². The van der Waals surface area contributed by atoms with E-state index in [1.54, 1.807) is 0 Å². The summed E-state index contributed by atoms with van der Waals surface area (Å²) in [5.74, 6) is -0.0739. The van der Waals surface area contributed by atoms with E-state index in [1.807, 2.05) is 31.2 Å². The first-order chi connectivity index (χ1) is 10.3. The average molecular weight is 302 g/mol. The van der Waals surface area contributed by atoms with Gasteiger partial charge in [0.05, 0.1) is 12.4 Å². The number of ether oxygens (including phenoxy) is 1. The molecule has 0 aliphatic heterocycles. The summed E-state index contributed by atoms with van der Waals surface area (Å²) in [6.07, 6.45) is 0.815. The molecule has 6 nitrogen and oxygen atoms in total. The number of rotatable bonds is 5. The first kappa shape index (κ1) is 13.8. The maximum absolute atomic E-state index is 11.5. The molecule has 0 atom stereocenters. The predicted molar refractivity (Wildman–Crippen MR) is 81.2 cm³/mol. The summed E-state index contributed by atoms with van der Waals surface area (Å²) in [5.41, 5.74) is 2.39. The number of nitrogens with one attached hydrogen (secondary N) is 1. The Labute approximate surface area is 125 Å². The molecular weight excluding hydrogens is 288 g/mol. The fraction of sp³-hybridized carbons (Fsp3) is 0.286. The maximum atomic E-state index is 11.5. The number of hydrogen-bond acceptors (Lipinski definition) is 6. The minimum atomic E-state index is -0.262. The highest BCUT2D eigenvalue weighted by Gasteiger charge is 2.10. The first-order valence-electron chi connectivity index (χ1n) is 6.67. The van der Waals surface area contributed by atoms with Gasteiger partial charge in [-0.3, -0.25) is 4.79 Å². The molecule has 0 unspecified atom stereocenters. The van der Waals surface area contributed by atoms with Crippen molar-refractivity contribution in [3.63, 3.8) is 0 Å². The molecule has 1 N–H and O–H groups in total. The van der Waals surface area contributed by atoms with Crippen LogP contribution in [0.4, 0.5) is 0 Å². The van der Waals surface area contributed by atoms with Crippen LogP contribution in [0.5, 0.6) is 0 Å². The van der Waals surface area contributed by atoms with E-state index in [0.29, 0.717) is 17.4 Å². The smallest absolute Gasteiger partial charge is 0.316 e. The van der Waals surface area contributed by atoms with Crippen LogP contribution in [0.2, 0.25) is 0 Å². The molecular formula is C14H14N4O2S. The number of fused-ring (bicyclic) bond motifs is 3. The predicted octanol–water partition coefficient (Wildman–Crippen LogP) is 2.55. The Bertz CT molecular complexity index is 787. The molecule has 0 fully saturated rings. The number of esters is 1. The van der Waals surface area contributed by atoms with E-state index >= 15 is 0 Å². The Morgan fingerprint density at radius 1 is 1.33 bits per heavy atom. The zero-order valence-corrected chi connectivity index (χ0v) is 12.3. The Hall–Kier alpha value is -2.15. The van der Waals surface area contributed by atoms with Crippen LogP contribution in [-0.2, 0) is 9.53 Å². The molecule has 108 valence electrons. The van der Waals surface area contributed by atoms with Gasteiger partial charge < -0.3 is 9.72 Å². The van der Waals surface area contributed by atoms with Gasteiger partial charge in [0.15, 0.2) is 5.65 Å². The van der Waals surface area contributed by atoms with E-state index in [-0.39, 0.29) is 11.7 Å². The quantitative estimate of drug-likeness (QED) is 0.576. The Morgan fingerprint density at radius 2 is 2.19 bits per heavy atom. The van der Waals surface area contributed by atoms with Gasteiger partial charge in [-0.05, 0) is 12.5 Å². The van der Waals surface area contributed by atoms with Gasteiger partial charge in [-0.1, -0.05) is 36.9 Å². The second-order valence-electron chi connectivity index (χ2n) is 4.47. The van der Waals surface area contributed by atoms with Crippen LogP contribution in [0.1, 0.15) is 13.3 Å². The molecule has 2 aromatic heterocycles. The number of hydrogen-bond donors (Lipinski definition) is 1. The molecule has 3 rings (SSSR count). The molecule has 3 aromatic rings. The molecule has 0 radical (unpaired) electrons. The van der Waals surface area contributed by atoms with Gasteiger partial charge in [0.25, 0.3) is 0 Å². The summed E-state index contributed by atoms with van der Waals surface area (Å²) in [6, 6.07) is 7.83. The summed E-state index contributed by atoms with van der Waals surface area (Å²) >= 11 is 1.22. The molecule has 0 bridgehead atoms. The topological polar surface area (TPSA) is 80.8 Å². The lowest BCUT2D eigenvalue weighted by atomic mass is 10.2. The molecule has 7 heteroatoms. The van der Waals surface area contributed by atoms with Crippen LogP contribution in [0.3, 0.4) is 0 Å². The van der Waals surface area contributed by atoms with Gasteiger partial charge in [-0.25, -0.2) is 4.98 Å². The van der Waals surface area contributed by atoms with Crippen LogP contribution in [0.15, 0.2) is 29.4 Å². The lowest BCUT2D eigenvalue weighted by molar-refractivity contribution is -0.140. The number of carbonyl (C=O) groups is 1. The fourth-order valence-corrected chi connectivity index (χ4v) is 2.53. The summed E-state index contributed by atoms with van der Waals surface area (Å²) < 4.78 is 5.00. The normalized spacial score (nSPS) is 11.1. The van der Waals surface area contributed by atoms with Crippen molar-refractivity contribution in [2.75, 3.05) is 12.4 Å². The van der Waals surface area contributed by atoms with Crippen molar-refractivity contribution >= 4 is 39.8 Å². The SMILES string of the molecule is CCCOC(=O)CSc1nnc2c(n1)[nH]c1ccccc12. The van der Waals surface area contributed by atoms with Crippen molar-refractivity contribution in [3.05, 3.63) is 24.3 Å². The van der Waals surface area contributed by atoms with E-state index < -0.39 is 0 Å². The summed E-state index contributed by atoms with van der Waals surface area (Å²) in [7, 11) is 0. The third-order valence-electron chi connectivity index (χ3n) is 2.89. The van der Waals surface area contributed by atoms with Crippen LogP contribution in [0, 0.1) is 0 Å². The minimum absolute atomic E-state index is 0.188. The van der Waals surface area contributed by atoms with Crippen LogP contribution in [0.25, 0.3) is 22.1 Å². The van der Waals surface area contributed by atoms with Gasteiger partial charge in [0, 0.05) is 10.9 Å². The maximum Gasteiger partial charge on any atom is 0.316 e. The first-order valence-corrected chi connectivity index (χ1v) is 7.66. The molecule has 0 amide bonds. The number of thioether (sulfide) groups is 1. The number of carbonyl (C=O) groups excluding carboxylic acids is 1. The summed E-state index contributed by atoms with van der Waals surface area (Å²) in [5, 5.41) is 9.70. The molecule has 21 heavy (non-hydrogen) atoms. The van der Waals surface area contributed by atoms with Crippen molar-refractivity contribution in [2.24, 2.45) is 0 Å². The standard InChI is InChI=1S/C14H14N4O2S/c1-2-7-20-11(19)8-21-14-16-13-12(17-18-14)9-5-3-4-6-10(9)15-13/h3-6H,2,7-8H2,1H3,(H,15,16,18). The summed E-state index contributed by atoms with van der Waals surface area (Å²) in [4.78, 5) is 19.0. The zero-order chi connectivity index (χ0) is 14.7. The van der Waals surface area contributed by atoms with E-state index in [0.717, 1.165) is 22.8 Å². The van der Waals surface area contributed by atoms with Gasteiger partial charge in [0.1, 0.15) is 5.52 Å². The van der Waals surface area contributed by atoms with Gasteiger partial charge in [0.2, 0.25) is 5.16 Å². The van der Waals surface area contributed by atoms with Crippen molar-refractivity contribution in [3.8, 4) is 0 Å². The van der Waals surface area contributed by atoms with E-state index in [1.165, 1.54) is 11.8 Å². The Morgan fingerprint density at radius 3 is 3.05 bits per heavy atom. The van der Waals surface area contributed by atoms with Crippen molar-refractivity contribution < 1.29 is 9.53 Å². The monoisotopic (exact) mass is 302 g/mol. The van der Waals surface area contributed by atoms with Crippen LogP contribution < -0.4 is 0 Å². The number of aromatic nitrogens is 4. The summed E-state index contributed by atoms with van der Waals surface area (Å²) in [6.45, 7) is 2.40. The lowest BCUT2D eigenvalue weighted by Crippen LogP contribution is -2.08. The van der Waals surface area contributed by atoms with Gasteiger partial charge in [-0.15, -0.1) is 10.2 Å². The Balaban J connectivity index is 1.78. The molecule has 0 saturated heterocycles. The molecule has 1 aromatic carbocycles. The number of aromatic amines is 1. The number of nitrogens with zero attached hydrogens (tertiary/aromatic N) is 3.